The summed E-state index contributed by atoms with van der Waals surface area (Å²) in [6.45, 7) is 1.67. The van der Waals surface area contributed by atoms with Gasteiger partial charge in [0.15, 0.2) is 5.78 Å². The van der Waals surface area contributed by atoms with E-state index >= 15 is 0 Å². The average molecular weight is 275 g/mol. The highest BCUT2D eigenvalue weighted by Gasteiger charge is 2.40. The third-order valence-electron chi connectivity index (χ3n) is 3.80. The van der Waals surface area contributed by atoms with Crippen molar-refractivity contribution in [3.63, 3.8) is 0 Å². The van der Waals surface area contributed by atoms with E-state index in [0.717, 1.165) is 16.7 Å². The molecule has 0 bridgehead atoms. The minimum atomic E-state index is -1.20. The van der Waals surface area contributed by atoms with E-state index in [4.69, 9.17) is 5.53 Å². The van der Waals surface area contributed by atoms with Crippen LogP contribution in [0.1, 0.15) is 23.6 Å². The molecule has 4 heteroatoms. The highest BCUT2D eigenvalue weighted by Crippen LogP contribution is 2.40. The van der Waals surface area contributed by atoms with Crippen LogP contribution in [0.4, 0.5) is 0 Å². The lowest BCUT2D eigenvalue weighted by molar-refractivity contribution is -0.118. The maximum Gasteiger partial charge on any atom is 0.179 e. The van der Waals surface area contributed by atoms with Crippen LogP contribution in [-0.2, 0) is 10.3 Å². The lowest BCUT2D eigenvalue weighted by Gasteiger charge is -2.30. The van der Waals surface area contributed by atoms with Crippen LogP contribution in [-0.4, -0.2) is 5.78 Å². The van der Waals surface area contributed by atoms with Gasteiger partial charge in [0.2, 0.25) is 0 Å². The summed E-state index contributed by atoms with van der Waals surface area (Å²) in [7, 11) is 0. The molecule has 1 atom stereocenters. The van der Waals surface area contributed by atoms with E-state index in [-0.39, 0.29) is 5.78 Å². The molecule has 0 saturated heterocycles. The van der Waals surface area contributed by atoms with Crippen LogP contribution in [0.25, 0.3) is 22.1 Å². The first kappa shape index (κ1) is 13.2. The van der Waals surface area contributed by atoms with Crippen molar-refractivity contribution in [2.45, 2.75) is 12.5 Å². The molecule has 0 saturated carbocycles. The molecule has 1 aliphatic carbocycles. The summed E-state index contributed by atoms with van der Waals surface area (Å²) in [5.74, 6) is -0.176. The number of hydrogen-bond donors (Lipinski definition) is 0. The summed E-state index contributed by atoms with van der Waals surface area (Å²) in [6, 6.07) is 16.9. The molecule has 1 unspecified atom stereocenters. The number of Topliss-reactive ketones (excluding diaryl/α,β-unsaturated/α-hetero) is 1. The number of carbonyl (C=O) groups is 1. The Labute approximate surface area is 122 Å². The van der Waals surface area contributed by atoms with Gasteiger partial charge in [-0.1, -0.05) is 59.7 Å². The highest BCUT2D eigenvalue weighted by molar-refractivity contribution is 6.30. The van der Waals surface area contributed by atoms with Gasteiger partial charge in [-0.2, -0.15) is 0 Å². The summed E-state index contributed by atoms with van der Waals surface area (Å²) in [5, 5.41) is 3.80. The van der Waals surface area contributed by atoms with Gasteiger partial charge in [0.05, 0.1) is 0 Å². The lowest BCUT2D eigenvalue weighted by atomic mass is 9.76. The molecule has 0 amide bonds. The van der Waals surface area contributed by atoms with Crippen LogP contribution in [0.2, 0.25) is 0 Å². The smallest absolute Gasteiger partial charge is 0.179 e. The molecule has 1 aliphatic rings. The third kappa shape index (κ3) is 2.02. The van der Waals surface area contributed by atoms with Crippen LogP contribution >= 0.6 is 0 Å². The second kappa shape index (κ2) is 4.93. The second-order valence-corrected chi connectivity index (χ2v) is 5.10. The van der Waals surface area contributed by atoms with E-state index in [1.165, 1.54) is 0 Å². The molecule has 0 aromatic heterocycles. The molecule has 3 rings (SSSR count). The molecule has 2 aromatic carbocycles. The lowest BCUT2D eigenvalue weighted by Crippen LogP contribution is -2.34. The minimum Gasteiger partial charge on any atom is -0.293 e. The van der Waals surface area contributed by atoms with Crippen LogP contribution in [0.15, 0.2) is 59.7 Å². The molecular formula is C17H13N3O. The van der Waals surface area contributed by atoms with Gasteiger partial charge in [0, 0.05) is 10.5 Å². The topological polar surface area (TPSA) is 65.8 Å². The number of rotatable bonds is 2. The van der Waals surface area contributed by atoms with Gasteiger partial charge in [0.1, 0.15) is 5.54 Å². The van der Waals surface area contributed by atoms with E-state index < -0.39 is 5.54 Å². The summed E-state index contributed by atoms with van der Waals surface area (Å²) in [5.41, 5.74) is 10.7. The number of benzene rings is 2. The zero-order valence-electron chi connectivity index (χ0n) is 11.5. The summed E-state index contributed by atoms with van der Waals surface area (Å²) in [4.78, 5) is 15.8. The number of nitrogens with zero attached hydrogens (tertiary/aromatic N) is 3. The van der Waals surface area contributed by atoms with E-state index in [0.29, 0.717) is 5.57 Å². The molecule has 102 valence electrons. The van der Waals surface area contributed by atoms with Gasteiger partial charge in [-0.05, 0) is 35.2 Å². The summed E-state index contributed by atoms with van der Waals surface area (Å²) >= 11 is 0. The molecular weight excluding hydrogens is 262 g/mol. The maximum absolute atomic E-state index is 12.9. The number of fused-ring (bicyclic) bond motifs is 1. The Bertz CT molecular complexity index is 789. The van der Waals surface area contributed by atoms with Crippen molar-refractivity contribution < 1.29 is 4.79 Å². The molecule has 0 fully saturated rings. The minimum absolute atomic E-state index is 0.176. The predicted octanol–water partition coefficient (Wildman–Crippen LogP) is 4.34. The molecule has 0 spiro atoms. The SMILES string of the molecule is CC1(N=[N+]=[N-])C(=O)C(c2ccccc2)=Cc2ccccc21. The second-order valence-electron chi connectivity index (χ2n) is 5.10. The fourth-order valence-corrected chi connectivity index (χ4v) is 2.69. The van der Waals surface area contributed by atoms with E-state index in [1.54, 1.807) is 6.92 Å². The fourth-order valence-electron chi connectivity index (χ4n) is 2.69. The van der Waals surface area contributed by atoms with Crippen LogP contribution < -0.4 is 0 Å². The first-order valence-corrected chi connectivity index (χ1v) is 6.64. The Morgan fingerprint density at radius 3 is 2.43 bits per heavy atom. The van der Waals surface area contributed by atoms with Gasteiger partial charge in [-0.3, -0.25) is 4.79 Å². The zero-order chi connectivity index (χ0) is 14.9. The van der Waals surface area contributed by atoms with E-state index in [1.807, 2.05) is 60.7 Å². The summed E-state index contributed by atoms with van der Waals surface area (Å²) in [6.07, 6.45) is 1.86. The first-order chi connectivity index (χ1) is 10.2. The molecule has 21 heavy (non-hydrogen) atoms. The van der Waals surface area contributed by atoms with Crippen molar-refractivity contribution in [2.75, 3.05) is 0 Å². The predicted molar refractivity (Wildman–Crippen MR) is 82.3 cm³/mol. The van der Waals surface area contributed by atoms with Gasteiger partial charge >= 0.3 is 0 Å². The van der Waals surface area contributed by atoms with Gasteiger partial charge < -0.3 is 0 Å². The van der Waals surface area contributed by atoms with Crippen molar-refractivity contribution in [1.82, 2.24) is 0 Å². The average Bonchev–Trinajstić information content (AvgIpc) is 2.52. The quantitative estimate of drug-likeness (QED) is 0.457. The molecule has 0 radical (unpaired) electrons. The first-order valence-electron chi connectivity index (χ1n) is 6.64. The van der Waals surface area contributed by atoms with Crippen LogP contribution in [0, 0.1) is 0 Å². The Morgan fingerprint density at radius 2 is 1.71 bits per heavy atom. The van der Waals surface area contributed by atoms with Crippen molar-refractivity contribution in [1.29, 1.82) is 0 Å². The van der Waals surface area contributed by atoms with Crippen LogP contribution in [0.5, 0.6) is 0 Å². The van der Waals surface area contributed by atoms with Crippen molar-refractivity contribution >= 4 is 17.4 Å². The molecule has 0 heterocycles. The normalized spacial score (nSPS) is 20.2. The van der Waals surface area contributed by atoms with E-state index in [2.05, 4.69) is 10.0 Å². The highest BCUT2D eigenvalue weighted by atomic mass is 16.1. The van der Waals surface area contributed by atoms with Gasteiger partial charge in [-0.15, -0.1) is 0 Å². The van der Waals surface area contributed by atoms with Crippen molar-refractivity contribution in [3.8, 4) is 0 Å². The van der Waals surface area contributed by atoms with Crippen LogP contribution in [0.3, 0.4) is 0 Å². The standard InChI is InChI=1S/C17H13N3O/c1-17(19-20-18)15-10-6-5-9-13(15)11-14(16(17)21)12-7-3-2-4-8-12/h2-11H,1H3. The fraction of sp³-hybridized carbons (Fsp3) is 0.118. The monoisotopic (exact) mass is 275 g/mol. The van der Waals surface area contributed by atoms with Gasteiger partial charge in [0.25, 0.3) is 0 Å². The summed E-state index contributed by atoms with van der Waals surface area (Å²) < 4.78 is 0. The molecule has 4 nitrogen and oxygen atoms in total. The Hall–Kier alpha value is -2.84. The zero-order valence-corrected chi connectivity index (χ0v) is 11.5. The third-order valence-corrected chi connectivity index (χ3v) is 3.80. The number of carbonyl (C=O) groups excluding carboxylic acids is 1. The number of ketones is 1. The van der Waals surface area contributed by atoms with Gasteiger partial charge in [-0.25, -0.2) is 0 Å². The Morgan fingerprint density at radius 1 is 1.05 bits per heavy atom. The Kier molecular flexibility index (Phi) is 3.09. The molecule has 2 aromatic rings. The maximum atomic E-state index is 12.9. The van der Waals surface area contributed by atoms with E-state index in [9.17, 15) is 4.79 Å². The largest absolute Gasteiger partial charge is 0.293 e. The Balaban J connectivity index is 2.28. The molecule has 0 aliphatic heterocycles. The molecule has 0 N–H and O–H groups in total. The van der Waals surface area contributed by atoms with Crippen molar-refractivity contribution in [2.24, 2.45) is 5.11 Å². The van der Waals surface area contributed by atoms with Crippen molar-refractivity contribution in [3.05, 3.63) is 81.7 Å². The number of hydrogen-bond acceptors (Lipinski definition) is 2. The number of azide groups is 1.